The van der Waals surface area contributed by atoms with Crippen LogP contribution in [0.5, 0.6) is 0 Å². The van der Waals surface area contributed by atoms with Gasteiger partial charge in [-0.25, -0.2) is 17.9 Å². The molecule has 1 unspecified atom stereocenters. The summed E-state index contributed by atoms with van der Waals surface area (Å²) in [5.41, 5.74) is 0.512. The van der Waals surface area contributed by atoms with Crippen LogP contribution >= 0.6 is 0 Å². The molecule has 11 nitrogen and oxygen atoms in total. The number of likely N-dealkylation sites (tertiary alicyclic amines) is 1. The van der Waals surface area contributed by atoms with Gasteiger partial charge in [0.05, 0.1) is 18.1 Å². The van der Waals surface area contributed by atoms with Crippen LogP contribution in [0.15, 0.2) is 89.8 Å². The number of amides is 3. The van der Waals surface area contributed by atoms with E-state index >= 15 is 0 Å². The molecule has 1 heterocycles. The molecule has 1 spiro atoms. The lowest BCUT2D eigenvalue weighted by Gasteiger charge is -2.41. The van der Waals surface area contributed by atoms with E-state index in [0.29, 0.717) is 32.4 Å². The number of alkyl carbamates (subject to hydrolysis) is 1. The molecule has 3 amide bonds. The number of sulfonamides is 1. The molecular weight excluding hydrogens is 657 g/mol. The first-order valence-electron chi connectivity index (χ1n) is 17.0. The van der Waals surface area contributed by atoms with Gasteiger partial charge in [0.15, 0.2) is 0 Å². The van der Waals surface area contributed by atoms with Gasteiger partial charge in [-0.3, -0.25) is 9.59 Å². The molecule has 1 aliphatic heterocycles. The van der Waals surface area contributed by atoms with Crippen LogP contribution < -0.4 is 15.4 Å². The first-order valence-corrected chi connectivity index (χ1v) is 18.5. The summed E-state index contributed by atoms with van der Waals surface area (Å²) in [4.78, 5) is 42.1. The number of rotatable bonds is 11. The molecule has 50 heavy (non-hydrogen) atoms. The number of carbonyl (C=O) groups is 3. The Morgan fingerprint density at radius 1 is 0.880 bits per heavy atom. The zero-order chi connectivity index (χ0) is 36.2. The average molecular weight is 705 g/mol. The van der Waals surface area contributed by atoms with Crippen LogP contribution in [0.3, 0.4) is 0 Å². The Balaban J connectivity index is 1.29. The van der Waals surface area contributed by atoms with Crippen molar-refractivity contribution in [2.75, 3.05) is 19.7 Å². The summed E-state index contributed by atoms with van der Waals surface area (Å²) in [6.45, 7) is 9.28. The Kier molecular flexibility index (Phi) is 11.0. The maximum absolute atomic E-state index is 14.1. The van der Waals surface area contributed by atoms with Gasteiger partial charge in [-0.1, -0.05) is 72.8 Å². The van der Waals surface area contributed by atoms with Crippen molar-refractivity contribution in [2.45, 2.75) is 94.0 Å². The summed E-state index contributed by atoms with van der Waals surface area (Å²) in [7, 11) is -3.75. The maximum atomic E-state index is 14.1. The van der Waals surface area contributed by atoms with Crippen molar-refractivity contribution in [1.82, 2.24) is 20.3 Å². The van der Waals surface area contributed by atoms with Crippen molar-refractivity contribution < 1.29 is 32.3 Å². The molecule has 12 heteroatoms. The summed E-state index contributed by atoms with van der Waals surface area (Å²) >= 11 is 0. The van der Waals surface area contributed by atoms with Gasteiger partial charge in [0.25, 0.3) is 0 Å². The highest BCUT2D eigenvalue weighted by Crippen LogP contribution is 2.51. The third kappa shape index (κ3) is 8.90. The predicted octanol–water partition coefficient (Wildman–Crippen LogP) is 4.98. The molecule has 5 rings (SSSR count). The molecule has 2 atom stereocenters. The van der Waals surface area contributed by atoms with E-state index in [4.69, 9.17) is 9.47 Å². The van der Waals surface area contributed by atoms with E-state index in [1.54, 1.807) is 69.9 Å². The van der Waals surface area contributed by atoms with Crippen molar-refractivity contribution in [3.63, 3.8) is 0 Å². The van der Waals surface area contributed by atoms with E-state index in [1.807, 2.05) is 48.5 Å². The van der Waals surface area contributed by atoms with Crippen LogP contribution in [-0.4, -0.2) is 68.1 Å². The van der Waals surface area contributed by atoms with E-state index in [0.717, 1.165) is 16.7 Å². The number of carbonyl (C=O) groups excluding carboxylic acids is 3. The summed E-state index contributed by atoms with van der Waals surface area (Å²) in [5.74, 6) is -0.848. The lowest BCUT2D eigenvalue weighted by Crippen LogP contribution is -2.61. The number of hydrogen-bond acceptors (Lipinski definition) is 7. The van der Waals surface area contributed by atoms with Crippen LogP contribution in [0.4, 0.5) is 4.79 Å². The smallest absolute Gasteiger partial charge is 0.408 e. The fourth-order valence-electron chi connectivity index (χ4n) is 6.70. The average Bonchev–Trinajstić information content (AvgIpc) is 3.35. The molecule has 3 aromatic carbocycles. The number of piperidine rings is 1. The number of fused-ring (bicyclic) bond motifs is 2. The van der Waals surface area contributed by atoms with Crippen molar-refractivity contribution in [1.29, 1.82) is 0 Å². The van der Waals surface area contributed by atoms with Gasteiger partial charge >= 0.3 is 6.09 Å². The molecule has 1 saturated heterocycles. The van der Waals surface area contributed by atoms with Crippen molar-refractivity contribution >= 4 is 27.9 Å². The second-order valence-corrected chi connectivity index (χ2v) is 16.4. The fourth-order valence-corrected chi connectivity index (χ4v) is 7.94. The van der Waals surface area contributed by atoms with Crippen LogP contribution in [0, 0.1) is 0 Å². The number of nitrogens with zero attached hydrogens (tertiary/aromatic N) is 1. The zero-order valence-electron chi connectivity index (χ0n) is 29.4. The van der Waals surface area contributed by atoms with E-state index in [2.05, 4.69) is 21.4 Å². The van der Waals surface area contributed by atoms with Crippen LogP contribution in [0.1, 0.15) is 76.6 Å². The highest BCUT2D eigenvalue weighted by molar-refractivity contribution is 7.89. The highest BCUT2D eigenvalue weighted by Gasteiger charge is 2.47. The summed E-state index contributed by atoms with van der Waals surface area (Å²) in [6, 6.07) is 24.4. The fraction of sp³-hybridized carbons (Fsp3) is 0.447. The third-order valence-electron chi connectivity index (χ3n) is 9.27. The van der Waals surface area contributed by atoms with Crippen molar-refractivity contribution in [3.05, 3.63) is 102 Å². The normalized spacial score (nSPS) is 17.9. The van der Waals surface area contributed by atoms with E-state index in [-0.39, 0.29) is 29.4 Å². The first-order chi connectivity index (χ1) is 23.6. The van der Waals surface area contributed by atoms with Crippen LogP contribution in [0.2, 0.25) is 0 Å². The molecule has 0 radical (unpaired) electrons. The van der Waals surface area contributed by atoms with Crippen LogP contribution in [0.25, 0.3) is 0 Å². The summed E-state index contributed by atoms with van der Waals surface area (Å²) in [5, 5.41) is 5.44. The molecule has 0 bridgehead atoms. The standard InChI is InChI=1S/C38H48N4O7S/c1-36(2,3)49-35(45)40-37(4,5)34(44)39-32(26-48-25-27-14-8-6-9-15-27)33(43)42-22-20-38(21-23-42)24-31(29-18-12-13-19-30(29)38)41-50(46,47)28-16-10-7-11-17-28/h6-19,31-32,41H,20-26H2,1-5H3,(H,39,44)(H,40,45)/t31-,32?/m1/s1. The molecule has 1 aliphatic carbocycles. The second kappa shape index (κ2) is 14.9. The SMILES string of the molecule is CC(C)(C)OC(=O)NC(C)(C)C(=O)NC(COCc1ccccc1)C(=O)N1CCC2(CC1)C[C@@H](NS(=O)(=O)c1ccccc1)c1ccccc12. The van der Waals surface area contributed by atoms with Gasteiger partial charge in [0.2, 0.25) is 21.8 Å². The molecule has 268 valence electrons. The van der Waals surface area contributed by atoms with Gasteiger partial charge in [0, 0.05) is 24.5 Å². The van der Waals surface area contributed by atoms with Gasteiger partial charge < -0.3 is 25.0 Å². The summed E-state index contributed by atoms with van der Waals surface area (Å²) < 4.78 is 40.8. The predicted molar refractivity (Wildman–Crippen MR) is 190 cm³/mol. The molecule has 0 saturated carbocycles. The highest BCUT2D eigenvalue weighted by atomic mass is 32.2. The molecule has 1 fully saturated rings. The van der Waals surface area contributed by atoms with E-state index < -0.39 is 45.2 Å². The Morgan fingerprint density at radius 3 is 2.12 bits per heavy atom. The minimum Gasteiger partial charge on any atom is -0.444 e. The Hall–Kier alpha value is -4.26. The zero-order valence-corrected chi connectivity index (χ0v) is 30.2. The van der Waals surface area contributed by atoms with E-state index in [9.17, 15) is 22.8 Å². The van der Waals surface area contributed by atoms with Crippen molar-refractivity contribution in [3.8, 4) is 0 Å². The van der Waals surface area contributed by atoms with Gasteiger partial charge in [-0.2, -0.15) is 0 Å². The molecule has 3 N–H and O–H groups in total. The maximum Gasteiger partial charge on any atom is 0.408 e. The number of hydrogen-bond donors (Lipinski definition) is 3. The number of ether oxygens (including phenoxy) is 2. The Morgan fingerprint density at radius 2 is 1.48 bits per heavy atom. The monoisotopic (exact) mass is 704 g/mol. The molecule has 2 aliphatic rings. The number of benzene rings is 3. The second-order valence-electron chi connectivity index (χ2n) is 14.7. The topological polar surface area (TPSA) is 143 Å². The lowest BCUT2D eigenvalue weighted by atomic mass is 9.73. The minimum absolute atomic E-state index is 0.0736. The van der Waals surface area contributed by atoms with E-state index in [1.165, 1.54) is 0 Å². The van der Waals surface area contributed by atoms with Gasteiger partial charge in [-0.05, 0) is 82.7 Å². The molecule has 0 aromatic heterocycles. The molecule has 3 aromatic rings. The minimum atomic E-state index is -3.75. The third-order valence-corrected chi connectivity index (χ3v) is 10.8. The van der Waals surface area contributed by atoms with Crippen LogP contribution in [-0.2, 0) is 41.1 Å². The first kappa shape index (κ1) is 37.0. The molecular formula is C38H48N4O7S. The lowest BCUT2D eigenvalue weighted by molar-refractivity contribution is -0.141. The Bertz CT molecular complexity index is 1770. The Labute approximate surface area is 295 Å². The number of nitrogens with one attached hydrogen (secondary N) is 3. The quantitative estimate of drug-likeness (QED) is 0.256. The van der Waals surface area contributed by atoms with Gasteiger partial charge in [-0.15, -0.1) is 0 Å². The van der Waals surface area contributed by atoms with Crippen molar-refractivity contribution in [2.24, 2.45) is 0 Å². The summed E-state index contributed by atoms with van der Waals surface area (Å²) in [6.07, 6.45) is 1.07. The van der Waals surface area contributed by atoms with Gasteiger partial charge in [0.1, 0.15) is 17.2 Å². The largest absolute Gasteiger partial charge is 0.444 e.